The third-order valence-corrected chi connectivity index (χ3v) is 3.48. The largest absolute Gasteiger partial charge is 0.493 e. The number of hydrogen-bond acceptors (Lipinski definition) is 3. The van der Waals surface area contributed by atoms with E-state index in [1.165, 1.54) is 0 Å². The van der Waals surface area contributed by atoms with Crippen molar-refractivity contribution in [3.05, 3.63) is 58.6 Å². The molecule has 0 saturated carbocycles. The Bertz CT molecular complexity index is 604. The lowest BCUT2D eigenvalue weighted by molar-refractivity contribution is 0.247. The molecule has 0 fully saturated rings. The Morgan fingerprint density at radius 3 is 2.48 bits per heavy atom. The number of halogens is 1. The summed E-state index contributed by atoms with van der Waals surface area (Å²) in [6, 6.07) is 15.3. The Morgan fingerprint density at radius 1 is 1.05 bits per heavy atom. The van der Waals surface area contributed by atoms with Gasteiger partial charge in [0.15, 0.2) is 0 Å². The van der Waals surface area contributed by atoms with Crippen LogP contribution in [0.4, 0.5) is 0 Å². The van der Waals surface area contributed by atoms with Crippen LogP contribution in [0.3, 0.4) is 0 Å². The summed E-state index contributed by atoms with van der Waals surface area (Å²) in [5.41, 5.74) is 6.43. The van der Waals surface area contributed by atoms with Crippen LogP contribution in [0.2, 0.25) is 0 Å². The molecule has 0 atom stereocenters. The van der Waals surface area contributed by atoms with Gasteiger partial charge in [-0.05, 0) is 30.3 Å². The zero-order chi connectivity index (χ0) is 15.1. The fraction of sp³-hybridized carbons (Fsp3) is 0.188. The van der Waals surface area contributed by atoms with E-state index in [0.717, 1.165) is 22.2 Å². The van der Waals surface area contributed by atoms with Crippen molar-refractivity contribution in [2.24, 2.45) is 5.73 Å². The summed E-state index contributed by atoms with van der Waals surface area (Å²) in [4.78, 5) is 0.326. The van der Waals surface area contributed by atoms with E-state index < -0.39 is 0 Å². The molecule has 2 aromatic rings. The normalized spacial score (nSPS) is 10.1. The van der Waals surface area contributed by atoms with Gasteiger partial charge in [-0.2, -0.15) is 0 Å². The number of rotatable bonds is 7. The second-order valence-electron chi connectivity index (χ2n) is 4.37. The lowest BCUT2D eigenvalue weighted by Crippen LogP contribution is -2.13. The molecule has 0 amide bonds. The molecule has 0 heterocycles. The van der Waals surface area contributed by atoms with Crippen LogP contribution in [-0.4, -0.2) is 18.2 Å². The Morgan fingerprint density at radius 2 is 1.76 bits per heavy atom. The van der Waals surface area contributed by atoms with Crippen molar-refractivity contribution in [1.82, 2.24) is 0 Å². The predicted octanol–water partition coefficient (Wildman–Crippen LogP) is 3.93. The highest BCUT2D eigenvalue weighted by atomic mass is 79.9. The first-order valence-corrected chi connectivity index (χ1v) is 7.77. The molecule has 0 unspecified atom stereocenters. The van der Waals surface area contributed by atoms with Crippen molar-refractivity contribution in [2.45, 2.75) is 6.42 Å². The standard InChI is InChI=1S/C16H16BrNO2S/c17-12-7-8-15(14(11-12)16(18)21)20-10-4-9-19-13-5-2-1-3-6-13/h1-3,5-8,11H,4,9-10H2,(H2,18,21). The average molecular weight is 366 g/mol. The Kier molecular flexibility index (Phi) is 6.02. The van der Waals surface area contributed by atoms with Gasteiger partial charge in [-0.3, -0.25) is 0 Å². The van der Waals surface area contributed by atoms with Gasteiger partial charge in [-0.15, -0.1) is 0 Å². The summed E-state index contributed by atoms with van der Waals surface area (Å²) in [6.07, 6.45) is 0.779. The molecule has 3 nitrogen and oxygen atoms in total. The van der Waals surface area contributed by atoms with E-state index in [0.29, 0.717) is 24.0 Å². The Balaban J connectivity index is 1.80. The second-order valence-corrected chi connectivity index (χ2v) is 5.72. The van der Waals surface area contributed by atoms with Gasteiger partial charge in [0.05, 0.1) is 18.8 Å². The van der Waals surface area contributed by atoms with E-state index in [1.807, 2.05) is 48.5 Å². The van der Waals surface area contributed by atoms with E-state index in [9.17, 15) is 0 Å². The molecule has 0 saturated heterocycles. The topological polar surface area (TPSA) is 44.5 Å². The molecule has 2 rings (SSSR count). The third kappa shape index (κ3) is 5.02. The number of para-hydroxylation sites is 1. The van der Waals surface area contributed by atoms with Crippen LogP contribution in [0.1, 0.15) is 12.0 Å². The predicted molar refractivity (Wildman–Crippen MR) is 92.1 cm³/mol. The fourth-order valence-electron chi connectivity index (χ4n) is 1.77. The first-order valence-electron chi connectivity index (χ1n) is 6.57. The van der Waals surface area contributed by atoms with Gasteiger partial charge in [0, 0.05) is 10.9 Å². The number of hydrogen-bond donors (Lipinski definition) is 1. The molecule has 0 spiro atoms. The first-order chi connectivity index (χ1) is 10.2. The molecule has 0 aliphatic rings. The smallest absolute Gasteiger partial charge is 0.129 e. The van der Waals surface area contributed by atoms with Gasteiger partial charge in [0.1, 0.15) is 16.5 Å². The molecule has 0 aliphatic carbocycles. The maximum absolute atomic E-state index is 5.72. The molecule has 0 radical (unpaired) electrons. The van der Waals surface area contributed by atoms with Gasteiger partial charge in [0.25, 0.3) is 0 Å². The molecular formula is C16H16BrNO2S. The summed E-state index contributed by atoms with van der Waals surface area (Å²) in [5, 5.41) is 0. The minimum Gasteiger partial charge on any atom is -0.493 e. The minimum absolute atomic E-state index is 0.326. The zero-order valence-corrected chi connectivity index (χ0v) is 13.8. The fourth-order valence-corrected chi connectivity index (χ4v) is 2.29. The Labute approximate surface area is 138 Å². The van der Waals surface area contributed by atoms with Crippen molar-refractivity contribution in [3.8, 4) is 11.5 Å². The molecule has 110 valence electrons. The van der Waals surface area contributed by atoms with Gasteiger partial charge in [-0.25, -0.2) is 0 Å². The van der Waals surface area contributed by atoms with Crippen LogP contribution in [0.5, 0.6) is 11.5 Å². The molecule has 0 aromatic heterocycles. The number of benzene rings is 2. The van der Waals surface area contributed by atoms with E-state index >= 15 is 0 Å². The summed E-state index contributed by atoms with van der Waals surface area (Å²) >= 11 is 8.42. The summed E-state index contributed by atoms with van der Waals surface area (Å²) < 4.78 is 12.2. The maximum atomic E-state index is 5.72. The molecule has 5 heteroatoms. The minimum atomic E-state index is 0.326. The summed E-state index contributed by atoms with van der Waals surface area (Å²) in [7, 11) is 0. The van der Waals surface area contributed by atoms with Gasteiger partial charge in [0.2, 0.25) is 0 Å². The molecule has 0 bridgehead atoms. The molecule has 2 aromatic carbocycles. The highest BCUT2D eigenvalue weighted by molar-refractivity contribution is 9.10. The van der Waals surface area contributed by atoms with E-state index in [-0.39, 0.29) is 0 Å². The lowest BCUT2D eigenvalue weighted by atomic mass is 10.2. The SMILES string of the molecule is NC(=S)c1cc(Br)ccc1OCCCOc1ccccc1. The number of nitrogens with two attached hydrogens (primary N) is 1. The molecular weight excluding hydrogens is 350 g/mol. The van der Waals surface area contributed by atoms with E-state index in [4.69, 9.17) is 27.4 Å². The van der Waals surface area contributed by atoms with Crippen molar-refractivity contribution >= 4 is 33.1 Å². The highest BCUT2D eigenvalue weighted by Crippen LogP contribution is 2.23. The second kappa shape index (κ2) is 8.00. The van der Waals surface area contributed by atoms with Crippen molar-refractivity contribution in [2.75, 3.05) is 13.2 Å². The quantitative estimate of drug-likeness (QED) is 0.596. The van der Waals surface area contributed by atoms with Crippen LogP contribution in [0.15, 0.2) is 53.0 Å². The molecule has 21 heavy (non-hydrogen) atoms. The average Bonchev–Trinajstić information content (AvgIpc) is 2.49. The van der Waals surface area contributed by atoms with Gasteiger partial charge < -0.3 is 15.2 Å². The number of ether oxygens (including phenoxy) is 2. The van der Waals surface area contributed by atoms with E-state index in [2.05, 4.69) is 15.9 Å². The first kappa shape index (κ1) is 15.8. The van der Waals surface area contributed by atoms with Gasteiger partial charge >= 0.3 is 0 Å². The van der Waals surface area contributed by atoms with Crippen LogP contribution < -0.4 is 15.2 Å². The molecule has 2 N–H and O–H groups in total. The third-order valence-electron chi connectivity index (χ3n) is 2.77. The molecule has 0 aliphatic heterocycles. The van der Waals surface area contributed by atoms with Gasteiger partial charge in [-0.1, -0.05) is 46.3 Å². The van der Waals surface area contributed by atoms with Crippen LogP contribution in [0.25, 0.3) is 0 Å². The highest BCUT2D eigenvalue weighted by Gasteiger charge is 2.07. The van der Waals surface area contributed by atoms with E-state index in [1.54, 1.807) is 0 Å². The van der Waals surface area contributed by atoms with Crippen LogP contribution >= 0.6 is 28.1 Å². The van der Waals surface area contributed by atoms with Crippen molar-refractivity contribution < 1.29 is 9.47 Å². The number of thiocarbonyl (C=S) groups is 1. The van der Waals surface area contributed by atoms with Crippen LogP contribution in [0, 0.1) is 0 Å². The lowest BCUT2D eigenvalue weighted by Gasteiger charge is -2.11. The maximum Gasteiger partial charge on any atom is 0.129 e. The van der Waals surface area contributed by atoms with Crippen LogP contribution in [-0.2, 0) is 0 Å². The van der Waals surface area contributed by atoms with Crippen molar-refractivity contribution in [3.63, 3.8) is 0 Å². The monoisotopic (exact) mass is 365 g/mol. The summed E-state index contributed by atoms with van der Waals surface area (Å²) in [5.74, 6) is 1.57. The van der Waals surface area contributed by atoms with Crippen molar-refractivity contribution in [1.29, 1.82) is 0 Å². The Hall–Kier alpha value is -1.59. The summed E-state index contributed by atoms with van der Waals surface area (Å²) in [6.45, 7) is 1.15. The zero-order valence-electron chi connectivity index (χ0n) is 11.4.